The Balaban J connectivity index is 2.89. The SMILES string of the molecule is CCC(C)N(CC)CC(C(=O)OC)c1ccccc1. The lowest BCUT2D eigenvalue weighted by atomic mass is 9.97. The van der Waals surface area contributed by atoms with Gasteiger partial charge in [-0.05, 0) is 25.5 Å². The second-order valence-corrected chi connectivity index (χ2v) is 4.83. The summed E-state index contributed by atoms with van der Waals surface area (Å²) in [7, 11) is 1.46. The molecule has 2 unspecified atom stereocenters. The molecule has 0 heterocycles. The van der Waals surface area contributed by atoms with Gasteiger partial charge in [-0.25, -0.2) is 0 Å². The van der Waals surface area contributed by atoms with Crippen LogP contribution in [-0.2, 0) is 9.53 Å². The van der Waals surface area contributed by atoms with E-state index in [4.69, 9.17) is 4.74 Å². The Bertz CT molecular complexity index is 378. The fourth-order valence-electron chi connectivity index (χ4n) is 2.26. The molecule has 19 heavy (non-hydrogen) atoms. The first-order valence-electron chi connectivity index (χ1n) is 7.00. The van der Waals surface area contributed by atoms with Gasteiger partial charge in [-0.3, -0.25) is 9.69 Å². The minimum atomic E-state index is -0.208. The van der Waals surface area contributed by atoms with Crippen LogP contribution in [0.2, 0.25) is 0 Å². The summed E-state index contributed by atoms with van der Waals surface area (Å²) in [4.78, 5) is 14.4. The molecule has 0 aliphatic heterocycles. The van der Waals surface area contributed by atoms with Gasteiger partial charge in [0.1, 0.15) is 0 Å². The summed E-state index contributed by atoms with van der Waals surface area (Å²) in [5.41, 5.74) is 1.02. The van der Waals surface area contributed by atoms with Gasteiger partial charge in [-0.15, -0.1) is 0 Å². The van der Waals surface area contributed by atoms with Gasteiger partial charge in [-0.2, -0.15) is 0 Å². The molecule has 0 spiro atoms. The highest BCUT2D eigenvalue weighted by atomic mass is 16.5. The summed E-state index contributed by atoms with van der Waals surface area (Å²) in [5, 5.41) is 0. The van der Waals surface area contributed by atoms with Crippen LogP contribution in [-0.4, -0.2) is 37.1 Å². The van der Waals surface area contributed by atoms with Crippen LogP contribution in [0.3, 0.4) is 0 Å². The third-order valence-corrected chi connectivity index (χ3v) is 3.73. The van der Waals surface area contributed by atoms with Gasteiger partial charge < -0.3 is 4.74 Å². The first kappa shape index (κ1) is 15.7. The number of likely N-dealkylation sites (N-methyl/N-ethyl adjacent to an activating group) is 1. The maximum absolute atomic E-state index is 12.0. The molecule has 0 bridgehead atoms. The van der Waals surface area contributed by atoms with Gasteiger partial charge in [-0.1, -0.05) is 44.2 Å². The Morgan fingerprint density at radius 2 is 1.89 bits per heavy atom. The highest BCUT2D eigenvalue weighted by molar-refractivity contribution is 5.78. The number of ether oxygens (including phenoxy) is 1. The molecule has 0 aromatic heterocycles. The van der Waals surface area contributed by atoms with E-state index in [1.807, 2.05) is 30.3 Å². The number of benzene rings is 1. The van der Waals surface area contributed by atoms with Crippen LogP contribution in [0.5, 0.6) is 0 Å². The maximum Gasteiger partial charge on any atom is 0.314 e. The van der Waals surface area contributed by atoms with Crippen molar-refractivity contribution in [2.24, 2.45) is 0 Å². The molecule has 0 radical (unpaired) electrons. The zero-order chi connectivity index (χ0) is 14.3. The number of hydrogen-bond acceptors (Lipinski definition) is 3. The maximum atomic E-state index is 12.0. The monoisotopic (exact) mass is 263 g/mol. The van der Waals surface area contributed by atoms with Crippen molar-refractivity contribution in [1.29, 1.82) is 0 Å². The number of methoxy groups -OCH3 is 1. The standard InChI is InChI=1S/C16H25NO2/c1-5-13(3)17(6-2)12-15(16(18)19-4)14-10-8-7-9-11-14/h7-11,13,15H,5-6,12H2,1-4H3. The van der Waals surface area contributed by atoms with E-state index in [9.17, 15) is 4.79 Å². The molecule has 0 aliphatic carbocycles. The molecular formula is C16H25NO2. The van der Waals surface area contributed by atoms with Crippen LogP contribution in [0.15, 0.2) is 30.3 Å². The molecule has 0 saturated carbocycles. The number of carbonyl (C=O) groups excluding carboxylic acids is 1. The van der Waals surface area contributed by atoms with Crippen molar-refractivity contribution >= 4 is 5.97 Å². The summed E-state index contributed by atoms with van der Waals surface area (Å²) >= 11 is 0. The third kappa shape index (κ3) is 4.35. The summed E-state index contributed by atoms with van der Waals surface area (Å²) in [6.07, 6.45) is 1.08. The number of esters is 1. The summed E-state index contributed by atoms with van der Waals surface area (Å²) in [5.74, 6) is -0.367. The Morgan fingerprint density at radius 1 is 1.26 bits per heavy atom. The Labute approximate surface area is 116 Å². The van der Waals surface area contributed by atoms with Gasteiger partial charge in [0.15, 0.2) is 0 Å². The minimum Gasteiger partial charge on any atom is -0.469 e. The zero-order valence-electron chi connectivity index (χ0n) is 12.4. The highest BCUT2D eigenvalue weighted by Crippen LogP contribution is 2.20. The Hall–Kier alpha value is -1.35. The first-order chi connectivity index (χ1) is 9.13. The molecule has 1 rings (SSSR count). The van der Waals surface area contributed by atoms with E-state index < -0.39 is 0 Å². The van der Waals surface area contributed by atoms with Crippen LogP contribution in [0.25, 0.3) is 0 Å². The lowest BCUT2D eigenvalue weighted by molar-refractivity contribution is -0.143. The predicted molar refractivity (Wildman–Crippen MR) is 78.2 cm³/mol. The van der Waals surface area contributed by atoms with E-state index >= 15 is 0 Å². The van der Waals surface area contributed by atoms with Gasteiger partial charge in [0.2, 0.25) is 0 Å². The van der Waals surface area contributed by atoms with Crippen molar-refractivity contribution in [3.8, 4) is 0 Å². The fourth-order valence-corrected chi connectivity index (χ4v) is 2.26. The van der Waals surface area contributed by atoms with Crippen molar-refractivity contribution in [2.45, 2.75) is 39.2 Å². The van der Waals surface area contributed by atoms with Crippen LogP contribution < -0.4 is 0 Å². The summed E-state index contributed by atoms with van der Waals surface area (Å²) in [6, 6.07) is 10.3. The first-order valence-corrected chi connectivity index (χ1v) is 7.00. The van der Waals surface area contributed by atoms with E-state index in [2.05, 4.69) is 25.7 Å². The molecule has 3 heteroatoms. The van der Waals surface area contributed by atoms with Crippen molar-refractivity contribution in [3.05, 3.63) is 35.9 Å². The third-order valence-electron chi connectivity index (χ3n) is 3.73. The smallest absolute Gasteiger partial charge is 0.314 e. The zero-order valence-corrected chi connectivity index (χ0v) is 12.4. The van der Waals surface area contributed by atoms with Crippen molar-refractivity contribution in [1.82, 2.24) is 4.90 Å². The number of hydrogen-bond donors (Lipinski definition) is 0. The van der Waals surface area contributed by atoms with Gasteiger partial charge >= 0.3 is 5.97 Å². The van der Waals surface area contributed by atoms with Gasteiger partial charge in [0, 0.05) is 12.6 Å². The molecule has 0 saturated heterocycles. The molecule has 1 aromatic carbocycles. The molecule has 3 nitrogen and oxygen atoms in total. The average molecular weight is 263 g/mol. The normalized spacial score (nSPS) is 14.2. The lowest BCUT2D eigenvalue weighted by Crippen LogP contribution is -2.38. The average Bonchev–Trinajstić information content (AvgIpc) is 2.48. The van der Waals surface area contributed by atoms with Crippen molar-refractivity contribution in [2.75, 3.05) is 20.2 Å². The largest absolute Gasteiger partial charge is 0.469 e. The van der Waals surface area contributed by atoms with Crippen LogP contribution in [0.4, 0.5) is 0 Å². The van der Waals surface area contributed by atoms with E-state index in [0.717, 1.165) is 18.5 Å². The van der Waals surface area contributed by atoms with Crippen molar-refractivity contribution in [3.63, 3.8) is 0 Å². The van der Waals surface area contributed by atoms with Gasteiger partial charge in [0.05, 0.1) is 13.0 Å². The number of carbonyl (C=O) groups is 1. The lowest BCUT2D eigenvalue weighted by Gasteiger charge is -2.30. The van der Waals surface area contributed by atoms with Crippen LogP contribution in [0, 0.1) is 0 Å². The van der Waals surface area contributed by atoms with Crippen LogP contribution >= 0.6 is 0 Å². The molecule has 0 fully saturated rings. The number of nitrogens with zero attached hydrogens (tertiary/aromatic N) is 1. The topological polar surface area (TPSA) is 29.5 Å². The summed E-state index contributed by atoms with van der Waals surface area (Å²) in [6.45, 7) is 8.15. The Morgan fingerprint density at radius 3 is 2.37 bits per heavy atom. The highest BCUT2D eigenvalue weighted by Gasteiger charge is 2.25. The summed E-state index contributed by atoms with van der Waals surface area (Å²) < 4.78 is 4.96. The Kier molecular flexibility index (Phi) is 6.57. The quantitative estimate of drug-likeness (QED) is 0.708. The van der Waals surface area contributed by atoms with Crippen LogP contribution in [0.1, 0.15) is 38.7 Å². The molecule has 1 aromatic rings. The van der Waals surface area contributed by atoms with Crippen molar-refractivity contribution < 1.29 is 9.53 Å². The second-order valence-electron chi connectivity index (χ2n) is 4.83. The molecule has 2 atom stereocenters. The fraction of sp³-hybridized carbons (Fsp3) is 0.562. The number of rotatable bonds is 7. The van der Waals surface area contributed by atoms with E-state index in [1.54, 1.807) is 0 Å². The van der Waals surface area contributed by atoms with E-state index in [0.29, 0.717) is 12.6 Å². The van der Waals surface area contributed by atoms with Gasteiger partial charge in [0.25, 0.3) is 0 Å². The second kappa shape index (κ2) is 7.95. The van der Waals surface area contributed by atoms with E-state index in [1.165, 1.54) is 7.11 Å². The molecular weight excluding hydrogens is 238 g/mol. The molecule has 0 aliphatic rings. The molecule has 106 valence electrons. The minimum absolute atomic E-state index is 0.159. The molecule has 0 N–H and O–H groups in total. The van der Waals surface area contributed by atoms with E-state index in [-0.39, 0.29) is 11.9 Å². The predicted octanol–water partition coefficient (Wildman–Crippen LogP) is 3.06. The molecule has 0 amide bonds.